The van der Waals surface area contributed by atoms with Gasteiger partial charge in [0.2, 0.25) is 5.78 Å². The van der Waals surface area contributed by atoms with Gasteiger partial charge in [-0.05, 0) is 19.3 Å². The van der Waals surface area contributed by atoms with E-state index in [2.05, 4.69) is 0 Å². The van der Waals surface area contributed by atoms with Gasteiger partial charge in [-0.3, -0.25) is 4.79 Å². The van der Waals surface area contributed by atoms with Crippen LogP contribution in [0.25, 0.3) is 0 Å². The smallest absolute Gasteiger partial charge is 0.205 e. The average molecular weight is 140 g/mol. The lowest BCUT2D eigenvalue weighted by Crippen LogP contribution is -2.06. The Hall–Kier alpha value is -0.810. The van der Waals surface area contributed by atoms with Crippen molar-refractivity contribution >= 4 is 5.78 Å². The van der Waals surface area contributed by atoms with Gasteiger partial charge in [0.05, 0.1) is 6.10 Å². The molecule has 10 heavy (non-hydrogen) atoms. The topological polar surface area (TPSA) is 26.3 Å². The first kappa shape index (κ1) is 9.19. The van der Waals surface area contributed by atoms with E-state index in [1.807, 2.05) is 12.8 Å². The molecule has 56 valence electrons. The monoisotopic (exact) mass is 140 g/mol. The van der Waals surface area contributed by atoms with Crippen molar-refractivity contribution in [3.05, 3.63) is 0 Å². The van der Waals surface area contributed by atoms with E-state index in [-0.39, 0.29) is 11.9 Å². The Balaban J connectivity index is 3.37. The van der Waals surface area contributed by atoms with Crippen LogP contribution in [0.4, 0.5) is 0 Å². The number of methoxy groups -OCH3 is 1. The Morgan fingerprint density at radius 1 is 1.80 bits per heavy atom. The van der Waals surface area contributed by atoms with Gasteiger partial charge in [-0.15, -0.1) is 6.42 Å². The molecule has 0 radical (unpaired) electrons. The van der Waals surface area contributed by atoms with E-state index in [9.17, 15) is 4.79 Å². The Kier molecular flexibility index (Phi) is 4.61. The highest BCUT2D eigenvalue weighted by Gasteiger charge is 2.01. The van der Waals surface area contributed by atoms with Gasteiger partial charge in [-0.2, -0.15) is 0 Å². The van der Waals surface area contributed by atoms with Crippen molar-refractivity contribution in [3.63, 3.8) is 0 Å². The molecule has 0 saturated carbocycles. The van der Waals surface area contributed by atoms with Crippen LogP contribution >= 0.6 is 0 Å². The lowest BCUT2D eigenvalue weighted by Gasteiger charge is -2.05. The van der Waals surface area contributed by atoms with Gasteiger partial charge in [-0.25, -0.2) is 0 Å². The number of terminal acetylenes is 1. The first-order valence-electron chi connectivity index (χ1n) is 3.23. The molecule has 0 aromatic carbocycles. The van der Waals surface area contributed by atoms with Crippen molar-refractivity contribution in [1.82, 2.24) is 0 Å². The number of ketones is 1. The number of hydrogen-bond donors (Lipinski definition) is 0. The van der Waals surface area contributed by atoms with Gasteiger partial charge < -0.3 is 4.74 Å². The number of ether oxygens (including phenoxy) is 1. The lowest BCUT2D eigenvalue weighted by molar-refractivity contribution is -0.114. The zero-order valence-electron chi connectivity index (χ0n) is 6.39. The first-order valence-corrected chi connectivity index (χ1v) is 3.23. The van der Waals surface area contributed by atoms with Crippen LogP contribution in [-0.4, -0.2) is 19.0 Å². The summed E-state index contributed by atoms with van der Waals surface area (Å²) >= 11 is 0. The van der Waals surface area contributed by atoms with E-state index in [4.69, 9.17) is 11.2 Å². The summed E-state index contributed by atoms with van der Waals surface area (Å²) in [7, 11) is 1.62. The van der Waals surface area contributed by atoms with Crippen LogP contribution in [0.15, 0.2) is 0 Å². The Morgan fingerprint density at radius 2 is 2.40 bits per heavy atom. The maximum atomic E-state index is 10.5. The number of carbonyl (C=O) groups excluding carboxylic acids is 1. The molecule has 2 nitrogen and oxygen atoms in total. The van der Waals surface area contributed by atoms with Crippen LogP contribution in [0.2, 0.25) is 0 Å². The van der Waals surface area contributed by atoms with Gasteiger partial charge in [0.15, 0.2) is 0 Å². The minimum Gasteiger partial charge on any atom is -0.382 e. The second-order valence-electron chi connectivity index (χ2n) is 2.15. The molecule has 0 aromatic heterocycles. The van der Waals surface area contributed by atoms with Crippen molar-refractivity contribution in [2.24, 2.45) is 0 Å². The fourth-order valence-electron chi connectivity index (χ4n) is 0.524. The molecular formula is C8H12O2. The summed E-state index contributed by atoms with van der Waals surface area (Å²) in [4.78, 5) is 10.5. The fourth-order valence-corrected chi connectivity index (χ4v) is 0.524. The minimum atomic E-state index is -0.149. The molecule has 1 atom stereocenters. The maximum absolute atomic E-state index is 10.5. The molecule has 0 amide bonds. The number of hydrogen-bond acceptors (Lipinski definition) is 2. The van der Waals surface area contributed by atoms with Crippen LogP contribution in [0.3, 0.4) is 0 Å². The molecule has 0 aliphatic rings. The molecule has 0 fully saturated rings. The van der Waals surface area contributed by atoms with Crippen molar-refractivity contribution in [2.45, 2.75) is 25.9 Å². The van der Waals surface area contributed by atoms with E-state index in [1.165, 1.54) is 0 Å². The molecule has 0 saturated heterocycles. The summed E-state index contributed by atoms with van der Waals surface area (Å²) in [5.74, 6) is 1.90. The molecular weight excluding hydrogens is 128 g/mol. The van der Waals surface area contributed by atoms with Gasteiger partial charge in [0.25, 0.3) is 0 Å². The number of Topliss-reactive ketones (excluding diaryl/α,β-unsaturated/α-hetero) is 1. The first-order chi connectivity index (χ1) is 4.70. The summed E-state index contributed by atoms with van der Waals surface area (Å²) in [6, 6.07) is 0. The Bertz CT molecular complexity index is 144. The average Bonchev–Trinajstić information content (AvgIpc) is 1.99. The molecule has 0 aromatic rings. The summed E-state index contributed by atoms with van der Waals surface area (Å²) in [5.41, 5.74) is 0. The van der Waals surface area contributed by atoms with Crippen LogP contribution < -0.4 is 0 Å². The summed E-state index contributed by atoms with van der Waals surface area (Å²) in [6.07, 6.45) is 6.11. The molecule has 0 aliphatic carbocycles. The molecule has 0 heterocycles. The second-order valence-corrected chi connectivity index (χ2v) is 2.15. The molecule has 2 heteroatoms. The molecule has 0 N–H and O–H groups in total. The van der Waals surface area contributed by atoms with Crippen LogP contribution in [0.5, 0.6) is 0 Å². The van der Waals surface area contributed by atoms with Crippen molar-refractivity contribution < 1.29 is 9.53 Å². The third kappa shape index (κ3) is 4.11. The maximum Gasteiger partial charge on any atom is 0.205 e. The van der Waals surface area contributed by atoms with Gasteiger partial charge in [0.1, 0.15) is 0 Å². The molecule has 0 aliphatic heterocycles. The minimum absolute atomic E-state index is 0.122. The van der Waals surface area contributed by atoms with Crippen LogP contribution in [0, 0.1) is 12.3 Å². The van der Waals surface area contributed by atoms with E-state index >= 15 is 0 Å². The van der Waals surface area contributed by atoms with E-state index < -0.39 is 0 Å². The predicted molar refractivity (Wildman–Crippen MR) is 39.5 cm³/mol. The zero-order valence-corrected chi connectivity index (χ0v) is 6.39. The highest BCUT2D eigenvalue weighted by molar-refractivity contribution is 5.94. The standard InChI is InChI=1S/C8H12O2/c1-4-8(9)6-5-7(2)10-3/h1,7H,5-6H2,2-3H3. The van der Waals surface area contributed by atoms with E-state index in [0.29, 0.717) is 12.8 Å². The highest BCUT2D eigenvalue weighted by Crippen LogP contribution is 1.99. The molecule has 0 rings (SSSR count). The normalized spacial score (nSPS) is 12.1. The molecule has 0 bridgehead atoms. The largest absolute Gasteiger partial charge is 0.382 e. The van der Waals surface area contributed by atoms with Gasteiger partial charge in [0, 0.05) is 13.5 Å². The molecule has 0 spiro atoms. The third-order valence-corrected chi connectivity index (χ3v) is 1.34. The van der Waals surface area contributed by atoms with Crippen LogP contribution in [-0.2, 0) is 9.53 Å². The zero-order chi connectivity index (χ0) is 7.98. The van der Waals surface area contributed by atoms with E-state index in [0.717, 1.165) is 0 Å². The lowest BCUT2D eigenvalue weighted by atomic mass is 10.1. The summed E-state index contributed by atoms with van der Waals surface area (Å²) in [6.45, 7) is 1.91. The number of rotatable bonds is 4. The highest BCUT2D eigenvalue weighted by atomic mass is 16.5. The van der Waals surface area contributed by atoms with Gasteiger partial charge >= 0.3 is 0 Å². The summed E-state index contributed by atoms with van der Waals surface area (Å²) < 4.78 is 4.92. The van der Waals surface area contributed by atoms with Crippen molar-refractivity contribution in [3.8, 4) is 12.3 Å². The van der Waals surface area contributed by atoms with Crippen LogP contribution in [0.1, 0.15) is 19.8 Å². The van der Waals surface area contributed by atoms with E-state index in [1.54, 1.807) is 7.11 Å². The Labute approximate surface area is 61.6 Å². The van der Waals surface area contributed by atoms with Crippen molar-refractivity contribution in [2.75, 3.05) is 7.11 Å². The third-order valence-electron chi connectivity index (χ3n) is 1.34. The van der Waals surface area contributed by atoms with Crippen molar-refractivity contribution in [1.29, 1.82) is 0 Å². The van der Waals surface area contributed by atoms with Gasteiger partial charge in [-0.1, -0.05) is 0 Å². The SMILES string of the molecule is C#CC(=O)CCC(C)OC. The molecule has 1 unspecified atom stereocenters. The number of carbonyl (C=O) groups is 1. The summed E-state index contributed by atoms with van der Waals surface area (Å²) in [5, 5.41) is 0. The predicted octanol–water partition coefficient (Wildman–Crippen LogP) is 1.00. The Morgan fingerprint density at radius 3 is 2.80 bits per heavy atom. The quantitative estimate of drug-likeness (QED) is 0.430. The fraction of sp³-hybridized carbons (Fsp3) is 0.625. The second kappa shape index (κ2) is 5.01.